The van der Waals surface area contributed by atoms with Crippen molar-refractivity contribution < 1.29 is 15.0 Å². The number of aromatic nitrogens is 1. The number of carbonyl (C=O) groups is 1. The molecule has 2 aromatic rings. The van der Waals surface area contributed by atoms with Gasteiger partial charge in [-0.3, -0.25) is 0 Å². The standard InChI is InChI=1S/C12H12N2O3/c1-13-9-4-2-3-8(11(9)15)7-5-10(12(16)17)14-6-7/h2-6,13-15H,1H3,(H,16,17). The summed E-state index contributed by atoms with van der Waals surface area (Å²) in [5.41, 5.74) is 1.91. The highest BCUT2D eigenvalue weighted by molar-refractivity contribution is 5.89. The molecule has 0 fully saturated rings. The second-order valence-electron chi connectivity index (χ2n) is 3.56. The average molecular weight is 232 g/mol. The first-order valence-corrected chi connectivity index (χ1v) is 5.05. The van der Waals surface area contributed by atoms with Crippen LogP contribution in [0.1, 0.15) is 10.5 Å². The van der Waals surface area contributed by atoms with Gasteiger partial charge in [-0.1, -0.05) is 12.1 Å². The number of benzene rings is 1. The first kappa shape index (κ1) is 11.1. The minimum absolute atomic E-state index is 0.0919. The number of anilines is 1. The van der Waals surface area contributed by atoms with Crippen LogP contribution in [-0.2, 0) is 0 Å². The predicted octanol–water partition coefficient (Wildman–Crippen LogP) is 2.13. The quantitative estimate of drug-likeness (QED) is 0.611. The number of carboxylic acids is 1. The molecular formula is C12H12N2O3. The third-order valence-corrected chi connectivity index (χ3v) is 2.53. The van der Waals surface area contributed by atoms with Gasteiger partial charge in [-0.05, 0) is 12.1 Å². The zero-order chi connectivity index (χ0) is 12.4. The maximum atomic E-state index is 10.7. The molecule has 0 aliphatic carbocycles. The molecule has 0 atom stereocenters. The number of aromatic carboxylic acids is 1. The number of aromatic hydroxyl groups is 1. The Morgan fingerprint density at radius 2 is 2.18 bits per heavy atom. The van der Waals surface area contributed by atoms with Crippen LogP contribution in [0, 0.1) is 0 Å². The van der Waals surface area contributed by atoms with Crippen molar-refractivity contribution in [2.24, 2.45) is 0 Å². The fraction of sp³-hybridized carbons (Fsp3) is 0.0833. The van der Waals surface area contributed by atoms with E-state index in [1.54, 1.807) is 31.4 Å². The van der Waals surface area contributed by atoms with Gasteiger partial charge in [0.25, 0.3) is 0 Å². The number of hydrogen-bond donors (Lipinski definition) is 4. The number of phenols is 1. The molecule has 0 aliphatic heterocycles. The molecule has 1 aromatic heterocycles. The summed E-state index contributed by atoms with van der Waals surface area (Å²) in [5.74, 6) is -0.925. The largest absolute Gasteiger partial charge is 0.505 e. The Kier molecular flexibility index (Phi) is 2.74. The molecule has 88 valence electrons. The lowest BCUT2D eigenvalue weighted by Gasteiger charge is -2.07. The van der Waals surface area contributed by atoms with E-state index in [2.05, 4.69) is 10.3 Å². The van der Waals surface area contributed by atoms with E-state index in [9.17, 15) is 9.90 Å². The number of hydrogen-bond acceptors (Lipinski definition) is 3. The van der Waals surface area contributed by atoms with E-state index in [0.29, 0.717) is 16.8 Å². The van der Waals surface area contributed by atoms with Crippen LogP contribution in [0.3, 0.4) is 0 Å². The smallest absolute Gasteiger partial charge is 0.352 e. The van der Waals surface area contributed by atoms with E-state index in [0.717, 1.165) is 0 Å². The van der Waals surface area contributed by atoms with Gasteiger partial charge >= 0.3 is 5.97 Å². The predicted molar refractivity (Wildman–Crippen MR) is 64.4 cm³/mol. The van der Waals surface area contributed by atoms with Crippen molar-refractivity contribution in [1.82, 2.24) is 4.98 Å². The van der Waals surface area contributed by atoms with E-state index in [1.807, 2.05) is 0 Å². The van der Waals surface area contributed by atoms with Gasteiger partial charge in [0, 0.05) is 24.4 Å². The summed E-state index contributed by atoms with van der Waals surface area (Å²) >= 11 is 0. The van der Waals surface area contributed by atoms with E-state index in [-0.39, 0.29) is 11.4 Å². The monoisotopic (exact) mass is 232 g/mol. The molecule has 0 saturated carbocycles. The number of aromatic amines is 1. The lowest BCUT2D eigenvalue weighted by molar-refractivity contribution is 0.0691. The molecule has 1 aromatic carbocycles. The second kappa shape index (κ2) is 4.21. The van der Waals surface area contributed by atoms with Crippen molar-refractivity contribution >= 4 is 11.7 Å². The molecule has 5 nitrogen and oxygen atoms in total. The van der Waals surface area contributed by atoms with E-state index < -0.39 is 5.97 Å². The lowest BCUT2D eigenvalue weighted by Crippen LogP contribution is -1.94. The fourth-order valence-electron chi connectivity index (χ4n) is 1.65. The summed E-state index contributed by atoms with van der Waals surface area (Å²) < 4.78 is 0. The van der Waals surface area contributed by atoms with Crippen molar-refractivity contribution in [3.63, 3.8) is 0 Å². The maximum absolute atomic E-state index is 10.7. The molecule has 2 rings (SSSR count). The third-order valence-electron chi connectivity index (χ3n) is 2.53. The molecule has 17 heavy (non-hydrogen) atoms. The minimum Gasteiger partial charge on any atom is -0.505 e. The van der Waals surface area contributed by atoms with Gasteiger partial charge in [-0.25, -0.2) is 4.79 Å². The fourth-order valence-corrected chi connectivity index (χ4v) is 1.65. The van der Waals surface area contributed by atoms with Crippen LogP contribution in [0.25, 0.3) is 11.1 Å². The van der Waals surface area contributed by atoms with Gasteiger partial charge in [0.1, 0.15) is 11.4 Å². The summed E-state index contributed by atoms with van der Waals surface area (Å²) in [7, 11) is 1.71. The molecule has 5 heteroatoms. The lowest BCUT2D eigenvalue weighted by atomic mass is 10.1. The van der Waals surface area contributed by atoms with Gasteiger partial charge in [-0.15, -0.1) is 0 Å². The van der Waals surface area contributed by atoms with Gasteiger partial charge in [0.05, 0.1) is 5.69 Å². The average Bonchev–Trinajstić information content (AvgIpc) is 2.78. The van der Waals surface area contributed by atoms with Gasteiger partial charge < -0.3 is 20.5 Å². The molecule has 0 bridgehead atoms. The van der Waals surface area contributed by atoms with E-state index in [4.69, 9.17) is 5.11 Å². The van der Waals surface area contributed by atoms with Crippen LogP contribution in [0.4, 0.5) is 5.69 Å². The van der Waals surface area contributed by atoms with Gasteiger partial charge in [0.2, 0.25) is 0 Å². The number of H-pyrrole nitrogens is 1. The van der Waals surface area contributed by atoms with E-state index in [1.165, 1.54) is 6.07 Å². The van der Waals surface area contributed by atoms with E-state index >= 15 is 0 Å². The van der Waals surface area contributed by atoms with Crippen molar-refractivity contribution in [1.29, 1.82) is 0 Å². The number of rotatable bonds is 3. The number of nitrogens with one attached hydrogen (secondary N) is 2. The summed E-state index contributed by atoms with van der Waals surface area (Å²) in [6, 6.07) is 6.74. The molecule has 1 heterocycles. The van der Waals surface area contributed by atoms with Crippen LogP contribution in [-0.4, -0.2) is 28.2 Å². The summed E-state index contributed by atoms with van der Waals surface area (Å²) in [6.07, 6.45) is 1.55. The first-order chi connectivity index (χ1) is 8.13. The summed E-state index contributed by atoms with van der Waals surface area (Å²) in [6.45, 7) is 0. The maximum Gasteiger partial charge on any atom is 0.352 e. The Morgan fingerprint density at radius 1 is 1.41 bits per heavy atom. The van der Waals surface area contributed by atoms with Crippen LogP contribution < -0.4 is 5.32 Å². The highest BCUT2D eigenvalue weighted by Crippen LogP contribution is 2.35. The molecule has 0 radical (unpaired) electrons. The zero-order valence-electron chi connectivity index (χ0n) is 9.19. The number of para-hydroxylation sites is 1. The minimum atomic E-state index is -1.03. The normalized spacial score (nSPS) is 10.2. The topological polar surface area (TPSA) is 85.4 Å². The zero-order valence-corrected chi connectivity index (χ0v) is 9.19. The molecule has 0 unspecified atom stereocenters. The summed E-state index contributed by atoms with van der Waals surface area (Å²) in [4.78, 5) is 13.4. The first-order valence-electron chi connectivity index (χ1n) is 5.05. The Hall–Kier alpha value is -2.43. The van der Waals surface area contributed by atoms with Crippen molar-refractivity contribution in [2.45, 2.75) is 0 Å². The summed E-state index contributed by atoms with van der Waals surface area (Å²) in [5, 5.41) is 21.6. The molecule has 0 spiro atoms. The Bertz CT molecular complexity index is 561. The van der Waals surface area contributed by atoms with Crippen molar-refractivity contribution in [3.05, 3.63) is 36.2 Å². The molecular weight excluding hydrogens is 220 g/mol. The van der Waals surface area contributed by atoms with Crippen LogP contribution in [0.2, 0.25) is 0 Å². The Balaban J connectivity index is 2.49. The Labute approximate surface area is 97.7 Å². The second-order valence-corrected chi connectivity index (χ2v) is 3.56. The van der Waals surface area contributed by atoms with Crippen LogP contribution >= 0.6 is 0 Å². The highest BCUT2D eigenvalue weighted by Gasteiger charge is 2.12. The van der Waals surface area contributed by atoms with Crippen molar-refractivity contribution in [2.75, 3.05) is 12.4 Å². The van der Waals surface area contributed by atoms with Gasteiger partial charge in [0.15, 0.2) is 0 Å². The number of carboxylic acid groups (broad SMARTS) is 1. The van der Waals surface area contributed by atoms with Crippen LogP contribution in [0.5, 0.6) is 5.75 Å². The molecule has 0 amide bonds. The SMILES string of the molecule is CNc1cccc(-c2c[nH]c(C(=O)O)c2)c1O. The highest BCUT2D eigenvalue weighted by atomic mass is 16.4. The third kappa shape index (κ3) is 1.94. The van der Waals surface area contributed by atoms with Crippen molar-refractivity contribution in [3.8, 4) is 16.9 Å². The van der Waals surface area contributed by atoms with Crippen LogP contribution in [0.15, 0.2) is 30.5 Å². The molecule has 4 N–H and O–H groups in total. The Morgan fingerprint density at radius 3 is 2.76 bits per heavy atom. The molecule has 0 aliphatic rings. The number of phenolic OH excluding ortho intramolecular Hbond substituents is 1. The molecule has 0 saturated heterocycles. The van der Waals surface area contributed by atoms with Gasteiger partial charge in [-0.2, -0.15) is 0 Å².